The van der Waals surface area contributed by atoms with Gasteiger partial charge in [-0.15, -0.1) is 0 Å². The molecular formula is C15H11FN4O. The molecule has 0 N–H and O–H groups in total. The van der Waals surface area contributed by atoms with Crippen molar-refractivity contribution in [1.82, 2.24) is 14.6 Å². The Morgan fingerprint density at radius 3 is 2.86 bits per heavy atom. The van der Waals surface area contributed by atoms with Crippen LogP contribution in [0.1, 0.15) is 11.1 Å². The van der Waals surface area contributed by atoms with Crippen molar-refractivity contribution < 1.29 is 9.13 Å². The molecule has 0 saturated heterocycles. The van der Waals surface area contributed by atoms with Gasteiger partial charge in [0.1, 0.15) is 11.6 Å². The van der Waals surface area contributed by atoms with Crippen LogP contribution in [-0.2, 0) is 0 Å². The molecule has 3 rings (SSSR count). The number of aromatic nitrogens is 3. The van der Waals surface area contributed by atoms with Gasteiger partial charge in [0.2, 0.25) is 0 Å². The van der Waals surface area contributed by atoms with Crippen molar-refractivity contribution in [3.63, 3.8) is 0 Å². The third-order valence-corrected chi connectivity index (χ3v) is 3.22. The number of nitriles is 1. The van der Waals surface area contributed by atoms with Gasteiger partial charge >= 0.3 is 0 Å². The molecule has 0 aliphatic rings. The summed E-state index contributed by atoms with van der Waals surface area (Å²) in [6.07, 6.45) is 3.22. The van der Waals surface area contributed by atoms with Crippen LogP contribution in [0.2, 0.25) is 0 Å². The fourth-order valence-corrected chi connectivity index (χ4v) is 2.19. The Labute approximate surface area is 120 Å². The largest absolute Gasteiger partial charge is 0.494 e. The molecule has 0 aliphatic carbocycles. The van der Waals surface area contributed by atoms with Gasteiger partial charge in [-0.3, -0.25) is 0 Å². The molecule has 0 unspecified atom stereocenters. The van der Waals surface area contributed by atoms with E-state index < -0.39 is 5.82 Å². The second kappa shape index (κ2) is 4.87. The molecule has 0 amide bonds. The predicted octanol–water partition coefficient (Wildman–Crippen LogP) is 2.72. The first-order chi connectivity index (χ1) is 10.1. The Balaban J connectivity index is 2.22. The van der Waals surface area contributed by atoms with Crippen molar-refractivity contribution in [1.29, 1.82) is 5.26 Å². The van der Waals surface area contributed by atoms with Gasteiger partial charge in [0.25, 0.3) is 0 Å². The van der Waals surface area contributed by atoms with Gasteiger partial charge < -0.3 is 4.74 Å². The molecule has 0 atom stereocenters. The van der Waals surface area contributed by atoms with Gasteiger partial charge in [0, 0.05) is 11.8 Å². The lowest BCUT2D eigenvalue weighted by Gasteiger charge is -2.08. The van der Waals surface area contributed by atoms with Gasteiger partial charge in [0.15, 0.2) is 17.2 Å². The van der Waals surface area contributed by atoms with Crippen molar-refractivity contribution in [2.75, 3.05) is 7.11 Å². The molecule has 5 nitrogen and oxygen atoms in total. The lowest BCUT2D eigenvalue weighted by molar-refractivity contribution is 0.386. The van der Waals surface area contributed by atoms with Crippen molar-refractivity contribution in [2.24, 2.45) is 0 Å². The molecule has 1 aromatic carbocycles. The molecule has 6 heteroatoms. The summed E-state index contributed by atoms with van der Waals surface area (Å²) in [5, 5.41) is 13.1. The zero-order valence-corrected chi connectivity index (χ0v) is 11.5. The summed E-state index contributed by atoms with van der Waals surface area (Å²) < 4.78 is 20.3. The maximum absolute atomic E-state index is 13.8. The highest BCUT2D eigenvalue weighted by atomic mass is 19.1. The summed E-state index contributed by atoms with van der Waals surface area (Å²) in [5.41, 5.74) is 2.90. The number of rotatable bonds is 2. The van der Waals surface area contributed by atoms with Crippen LogP contribution in [0.4, 0.5) is 4.39 Å². The monoisotopic (exact) mass is 282 g/mol. The first-order valence-corrected chi connectivity index (χ1v) is 6.23. The Hall–Kier alpha value is -2.94. The number of hydrogen-bond acceptors (Lipinski definition) is 4. The summed E-state index contributed by atoms with van der Waals surface area (Å²) in [6, 6.07) is 6.69. The molecule has 0 fully saturated rings. The number of nitrogens with zero attached hydrogens (tertiary/aromatic N) is 4. The van der Waals surface area contributed by atoms with E-state index in [2.05, 4.69) is 10.1 Å². The average Bonchev–Trinajstić information content (AvgIpc) is 2.88. The minimum absolute atomic E-state index is 0.180. The number of benzene rings is 1. The van der Waals surface area contributed by atoms with Crippen LogP contribution in [0.25, 0.3) is 16.9 Å². The Bertz CT molecular complexity index is 879. The fourth-order valence-electron chi connectivity index (χ4n) is 2.19. The predicted molar refractivity (Wildman–Crippen MR) is 74.4 cm³/mol. The van der Waals surface area contributed by atoms with E-state index >= 15 is 0 Å². The van der Waals surface area contributed by atoms with Crippen molar-refractivity contribution in [3.05, 3.63) is 47.5 Å². The standard InChI is InChI=1S/C15H11FN4O/c1-9-8-20-15(11(6-17)7-18-20)19-14(9)10-3-4-13(21-2)12(16)5-10/h3-5,7-8H,1-2H3. The first kappa shape index (κ1) is 13.1. The summed E-state index contributed by atoms with van der Waals surface area (Å²) in [4.78, 5) is 4.44. The Kier molecular flexibility index (Phi) is 3.03. The summed E-state index contributed by atoms with van der Waals surface area (Å²) in [5.74, 6) is -0.273. The zero-order valence-electron chi connectivity index (χ0n) is 11.5. The van der Waals surface area contributed by atoms with Crippen LogP contribution in [0.15, 0.2) is 30.6 Å². The molecule has 2 heterocycles. The summed E-state index contributed by atoms with van der Waals surface area (Å²) in [6.45, 7) is 1.86. The third kappa shape index (κ3) is 2.09. The topological polar surface area (TPSA) is 63.2 Å². The van der Waals surface area contributed by atoms with Crippen molar-refractivity contribution in [2.45, 2.75) is 6.92 Å². The van der Waals surface area contributed by atoms with Crippen LogP contribution < -0.4 is 4.74 Å². The number of methoxy groups -OCH3 is 1. The molecule has 0 bridgehead atoms. The van der Waals surface area contributed by atoms with Crippen LogP contribution in [-0.4, -0.2) is 21.7 Å². The minimum Gasteiger partial charge on any atom is -0.494 e. The fraction of sp³-hybridized carbons (Fsp3) is 0.133. The average molecular weight is 282 g/mol. The highest BCUT2D eigenvalue weighted by molar-refractivity contribution is 5.68. The maximum atomic E-state index is 13.8. The van der Waals surface area contributed by atoms with E-state index in [0.717, 1.165) is 5.56 Å². The van der Waals surface area contributed by atoms with Crippen LogP contribution in [0.3, 0.4) is 0 Å². The smallest absolute Gasteiger partial charge is 0.173 e. The second-order valence-corrected chi connectivity index (χ2v) is 4.56. The van der Waals surface area contributed by atoms with Gasteiger partial charge in [-0.05, 0) is 30.7 Å². The lowest BCUT2D eigenvalue weighted by atomic mass is 10.1. The second-order valence-electron chi connectivity index (χ2n) is 4.56. The Morgan fingerprint density at radius 1 is 1.38 bits per heavy atom. The van der Waals surface area contributed by atoms with Crippen molar-refractivity contribution in [3.8, 4) is 23.1 Å². The van der Waals surface area contributed by atoms with Gasteiger partial charge in [-0.2, -0.15) is 10.4 Å². The van der Waals surface area contributed by atoms with Crippen LogP contribution in [0, 0.1) is 24.1 Å². The zero-order chi connectivity index (χ0) is 15.0. The third-order valence-electron chi connectivity index (χ3n) is 3.22. The highest BCUT2D eigenvalue weighted by Crippen LogP contribution is 2.27. The lowest BCUT2D eigenvalue weighted by Crippen LogP contribution is -1.97. The van der Waals surface area contributed by atoms with Crippen LogP contribution >= 0.6 is 0 Å². The highest BCUT2D eigenvalue weighted by Gasteiger charge is 2.12. The van der Waals surface area contributed by atoms with Gasteiger partial charge in [-0.1, -0.05) is 0 Å². The molecule has 0 spiro atoms. The number of ether oxygens (including phenoxy) is 1. The van der Waals surface area contributed by atoms with Crippen LogP contribution in [0.5, 0.6) is 5.75 Å². The molecule has 104 valence electrons. The molecule has 0 radical (unpaired) electrons. The molecule has 0 aliphatic heterocycles. The summed E-state index contributed by atoms with van der Waals surface area (Å²) in [7, 11) is 1.42. The quantitative estimate of drug-likeness (QED) is 0.725. The number of aryl methyl sites for hydroxylation is 1. The number of fused-ring (bicyclic) bond motifs is 1. The SMILES string of the molecule is COc1ccc(-c2nc3c(C#N)cnn3cc2C)cc1F. The molecule has 21 heavy (non-hydrogen) atoms. The maximum Gasteiger partial charge on any atom is 0.173 e. The molecule has 2 aromatic heterocycles. The Morgan fingerprint density at radius 2 is 2.19 bits per heavy atom. The minimum atomic E-state index is -0.454. The van der Waals surface area contributed by atoms with E-state index in [0.29, 0.717) is 22.5 Å². The summed E-state index contributed by atoms with van der Waals surface area (Å²) >= 11 is 0. The van der Waals surface area contributed by atoms with Crippen molar-refractivity contribution >= 4 is 5.65 Å². The van der Waals surface area contributed by atoms with E-state index in [9.17, 15) is 4.39 Å². The van der Waals surface area contributed by atoms with E-state index in [-0.39, 0.29) is 5.75 Å². The van der Waals surface area contributed by atoms with Gasteiger partial charge in [-0.25, -0.2) is 13.9 Å². The van der Waals surface area contributed by atoms with E-state index in [1.807, 2.05) is 13.0 Å². The van der Waals surface area contributed by atoms with E-state index in [4.69, 9.17) is 10.00 Å². The normalized spacial score (nSPS) is 10.6. The first-order valence-electron chi connectivity index (χ1n) is 6.23. The van der Waals surface area contributed by atoms with E-state index in [1.165, 1.54) is 23.9 Å². The number of hydrogen-bond donors (Lipinski definition) is 0. The molecule has 3 aromatic rings. The van der Waals surface area contributed by atoms with Gasteiger partial charge in [0.05, 0.1) is 19.0 Å². The molecular weight excluding hydrogens is 271 g/mol. The number of halogens is 1. The molecule has 0 saturated carbocycles. The van der Waals surface area contributed by atoms with E-state index in [1.54, 1.807) is 18.3 Å².